The Morgan fingerprint density at radius 2 is 2.20 bits per heavy atom. The zero-order valence-electron chi connectivity index (χ0n) is 12.0. The minimum Gasteiger partial charge on any atom is -0.385 e. The van der Waals surface area contributed by atoms with Crippen LogP contribution in [0.4, 0.5) is 5.69 Å². The maximum absolute atomic E-state index is 4.05. The quantitative estimate of drug-likeness (QED) is 0.898. The zero-order valence-corrected chi connectivity index (χ0v) is 12.0. The number of imidazole rings is 1. The van der Waals surface area contributed by atoms with Crippen LogP contribution in [0.15, 0.2) is 36.8 Å². The van der Waals surface area contributed by atoms with E-state index in [0.717, 1.165) is 18.2 Å². The maximum atomic E-state index is 4.05. The topological polar surface area (TPSA) is 44.0 Å². The van der Waals surface area contributed by atoms with Crippen LogP contribution in [0.5, 0.6) is 0 Å². The molecule has 0 saturated carbocycles. The van der Waals surface area contributed by atoms with E-state index in [-0.39, 0.29) is 0 Å². The number of piperidine rings is 1. The molecule has 4 nitrogen and oxygen atoms in total. The van der Waals surface area contributed by atoms with Crippen LogP contribution in [0, 0.1) is 5.92 Å². The number of rotatable bonds is 4. The maximum Gasteiger partial charge on any atom is 0.0924 e. The molecule has 2 aromatic rings. The van der Waals surface area contributed by atoms with Gasteiger partial charge in [0.15, 0.2) is 0 Å². The van der Waals surface area contributed by atoms with Crippen LogP contribution in [0.25, 0.3) is 11.3 Å². The summed E-state index contributed by atoms with van der Waals surface area (Å²) in [6.07, 6.45) is 6.21. The molecule has 0 bridgehead atoms. The van der Waals surface area contributed by atoms with Crippen molar-refractivity contribution >= 4 is 5.69 Å². The molecule has 1 aliphatic rings. The van der Waals surface area contributed by atoms with Gasteiger partial charge in [-0.25, -0.2) is 4.98 Å². The zero-order chi connectivity index (χ0) is 13.8. The first-order valence-electron chi connectivity index (χ1n) is 7.32. The van der Waals surface area contributed by atoms with Crippen LogP contribution in [-0.4, -0.2) is 41.5 Å². The summed E-state index contributed by atoms with van der Waals surface area (Å²) in [5.74, 6) is 0.765. The van der Waals surface area contributed by atoms with Crippen LogP contribution in [0.1, 0.15) is 12.8 Å². The Morgan fingerprint density at radius 3 is 2.90 bits per heavy atom. The van der Waals surface area contributed by atoms with Gasteiger partial charge in [0.05, 0.1) is 18.2 Å². The molecule has 1 aromatic heterocycles. The van der Waals surface area contributed by atoms with E-state index in [2.05, 4.69) is 51.5 Å². The summed E-state index contributed by atoms with van der Waals surface area (Å²) in [7, 11) is 2.21. The number of nitrogens with one attached hydrogen (secondary N) is 2. The highest BCUT2D eigenvalue weighted by Crippen LogP contribution is 2.20. The number of benzene rings is 1. The predicted octanol–water partition coefficient (Wildman–Crippen LogP) is 2.83. The molecule has 0 radical (unpaired) electrons. The first kappa shape index (κ1) is 13.2. The van der Waals surface area contributed by atoms with Crippen molar-refractivity contribution in [2.24, 2.45) is 5.92 Å². The summed E-state index contributed by atoms with van der Waals surface area (Å²) in [5, 5.41) is 3.55. The molecule has 4 heteroatoms. The fourth-order valence-corrected chi connectivity index (χ4v) is 2.88. The molecule has 0 spiro atoms. The molecular formula is C16H22N4. The van der Waals surface area contributed by atoms with Crippen molar-refractivity contribution in [3.8, 4) is 11.3 Å². The standard InChI is InChI=1S/C16H22N4/c1-20-8-2-3-13(11-20)9-18-15-6-4-14(5-7-15)16-10-17-12-19-16/h4-7,10,12-13,18H,2-3,8-9,11H2,1H3,(H,17,19). The Labute approximate surface area is 120 Å². The third kappa shape index (κ3) is 3.20. The third-order valence-electron chi connectivity index (χ3n) is 4.01. The highest BCUT2D eigenvalue weighted by Gasteiger charge is 2.16. The summed E-state index contributed by atoms with van der Waals surface area (Å²) in [4.78, 5) is 9.60. The van der Waals surface area contributed by atoms with E-state index in [9.17, 15) is 0 Å². The van der Waals surface area contributed by atoms with Crippen molar-refractivity contribution in [3.05, 3.63) is 36.8 Å². The van der Waals surface area contributed by atoms with Crippen molar-refractivity contribution in [1.29, 1.82) is 0 Å². The third-order valence-corrected chi connectivity index (χ3v) is 4.01. The molecule has 1 aromatic carbocycles. The lowest BCUT2D eigenvalue weighted by Gasteiger charge is -2.29. The SMILES string of the molecule is CN1CCCC(CNc2ccc(-c3cnc[nH]3)cc2)C1. The number of likely N-dealkylation sites (tertiary alicyclic amines) is 1. The Bertz CT molecular complexity index is 518. The van der Waals surface area contributed by atoms with Gasteiger partial charge in [0, 0.05) is 18.8 Å². The summed E-state index contributed by atoms with van der Waals surface area (Å²) in [5.41, 5.74) is 3.43. The molecule has 2 N–H and O–H groups in total. The summed E-state index contributed by atoms with van der Waals surface area (Å²) < 4.78 is 0. The minimum atomic E-state index is 0.765. The molecule has 1 saturated heterocycles. The highest BCUT2D eigenvalue weighted by molar-refractivity contribution is 5.61. The van der Waals surface area contributed by atoms with E-state index >= 15 is 0 Å². The molecule has 20 heavy (non-hydrogen) atoms. The number of H-pyrrole nitrogens is 1. The van der Waals surface area contributed by atoms with Gasteiger partial charge >= 0.3 is 0 Å². The largest absolute Gasteiger partial charge is 0.385 e. The summed E-state index contributed by atoms with van der Waals surface area (Å²) in [6, 6.07) is 8.54. The van der Waals surface area contributed by atoms with E-state index in [4.69, 9.17) is 0 Å². The second kappa shape index (κ2) is 6.09. The normalized spacial score (nSPS) is 19.9. The van der Waals surface area contributed by atoms with Crippen LogP contribution >= 0.6 is 0 Å². The van der Waals surface area contributed by atoms with E-state index in [1.165, 1.54) is 37.2 Å². The second-order valence-electron chi connectivity index (χ2n) is 5.69. The van der Waals surface area contributed by atoms with Gasteiger partial charge < -0.3 is 15.2 Å². The number of nitrogens with zero attached hydrogens (tertiary/aromatic N) is 2. The smallest absolute Gasteiger partial charge is 0.0924 e. The first-order valence-corrected chi connectivity index (χ1v) is 7.32. The molecule has 106 valence electrons. The molecule has 1 fully saturated rings. The Hall–Kier alpha value is -1.81. The van der Waals surface area contributed by atoms with Gasteiger partial charge in [-0.05, 0) is 50.0 Å². The van der Waals surface area contributed by atoms with Crippen molar-refractivity contribution in [2.45, 2.75) is 12.8 Å². The van der Waals surface area contributed by atoms with Gasteiger partial charge in [-0.2, -0.15) is 0 Å². The molecule has 1 unspecified atom stereocenters. The average molecular weight is 270 g/mol. The van der Waals surface area contributed by atoms with E-state index < -0.39 is 0 Å². The number of aromatic amines is 1. The lowest BCUT2D eigenvalue weighted by molar-refractivity contribution is 0.217. The first-order chi connectivity index (χ1) is 9.81. The van der Waals surface area contributed by atoms with Gasteiger partial charge in [0.25, 0.3) is 0 Å². The van der Waals surface area contributed by atoms with Crippen LogP contribution in [-0.2, 0) is 0 Å². The Balaban J connectivity index is 1.56. The van der Waals surface area contributed by atoms with E-state index in [1.807, 2.05) is 6.20 Å². The predicted molar refractivity (Wildman–Crippen MR) is 82.7 cm³/mol. The van der Waals surface area contributed by atoms with E-state index in [1.54, 1.807) is 6.33 Å². The number of hydrogen-bond acceptors (Lipinski definition) is 3. The fraction of sp³-hybridized carbons (Fsp3) is 0.438. The van der Waals surface area contributed by atoms with Gasteiger partial charge in [0.2, 0.25) is 0 Å². The van der Waals surface area contributed by atoms with Crippen molar-refractivity contribution in [2.75, 3.05) is 32.0 Å². The number of anilines is 1. The minimum absolute atomic E-state index is 0.765. The van der Waals surface area contributed by atoms with Crippen LogP contribution < -0.4 is 5.32 Å². The van der Waals surface area contributed by atoms with Gasteiger partial charge in [0.1, 0.15) is 0 Å². The number of hydrogen-bond donors (Lipinski definition) is 2. The van der Waals surface area contributed by atoms with Gasteiger partial charge in [-0.3, -0.25) is 0 Å². The highest BCUT2D eigenvalue weighted by atomic mass is 15.1. The molecular weight excluding hydrogens is 248 g/mol. The number of aromatic nitrogens is 2. The second-order valence-corrected chi connectivity index (χ2v) is 5.69. The molecule has 2 heterocycles. The van der Waals surface area contributed by atoms with Gasteiger partial charge in [-0.1, -0.05) is 12.1 Å². The lowest BCUT2D eigenvalue weighted by Crippen LogP contribution is -2.35. The van der Waals surface area contributed by atoms with Crippen LogP contribution in [0.2, 0.25) is 0 Å². The van der Waals surface area contributed by atoms with Crippen molar-refractivity contribution in [3.63, 3.8) is 0 Å². The van der Waals surface area contributed by atoms with Crippen LogP contribution in [0.3, 0.4) is 0 Å². The molecule has 1 atom stereocenters. The molecule has 0 amide bonds. The molecule has 1 aliphatic heterocycles. The van der Waals surface area contributed by atoms with E-state index in [0.29, 0.717) is 0 Å². The van der Waals surface area contributed by atoms with Crippen molar-refractivity contribution in [1.82, 2.24) is 14.9 Å². The van der Waals surface area contributed by atoms with Crippen molar-refractivity contribution < 1.29 is 0 Å². The lowest BCUT2D eigenvalue weighted by atomic mass is 9.98. The Kier molecular flexibility index (Phi) is 4.02. The summed E-state index contributed by atoms with van der Waals surface area (Å²) in [6.45, 7) is 3.52. The molecule has 0 aliphatic carbocycles. The Morgan fingerprint density at radius 1 is 1.35 bits per heavy atom. The fourth-order valence-electron chi connectivity index (χ4n) is 2.88. The average Bonchev–Trinajstić information content (AvgIpc) is 3.00. The molecule has 3 rings (SSSR count). The van der Waals surface area contributed by atoms with Gasteiger partial charge in [-0.15, -0.1) is 0 Å². The monoisotopic (exact) mass is 270 g/mol. The summed E-state index contributed by atoms with van der Waals surface area (Å²) >= 11 is 0.